The molecule has 100 valence electrons. The van der Waals surface area contributed by atoms with E-state index in [9.17, 15) is 0 Å². The van der Waals surface area contributed by atoms with Crippen LogP contribution in [0.5, 0.6) is 0 Å². The van der Waals surface area contributed by atoms with E-state index in [0.29, 0.717) is 12.1 Å². The highest BCUT2D eigenvalue weighted by Gasteiger charge is 2.18. The molecule has 1 atom stereocenters. The molecule has 2 rings (SSSR count). The van der Waals surface area contributed by atoms with E-state index in [4.69, 9.17) is 4.74 Å². The molecule has 1 saturated heterocycles. The number of hydrogen-bond acceptors (Lipinski definition) is 2. The zero-order chi connectivity index (χ0) is 12.8. The summed E-state index contributed by atoms with van der Waals surface area (Å²) in [6.07, 6.45) is 4.54. The highest BCUT2D eigenvalue weighted by atomic mass is 16.5. The smallest absolute Gasteiger partial charge is 0.0480 e. The summed E-state index contributed by atoms with van der Waals surface area (Å²) < 4.78 is 5.41. The van der Waals surface area contributed by atoms with E-state index in [1.54, 1.807) is 0 Å². The molecule has 0 radical (unpaired) electrons. The van der Waals surface area contributed by atoms with Crippen molar-refractivity contribution in [3.05, 3.63) is 35.4 Å². The van der Waals surface area contributed by atoms with Crippen molar-refractivity contribution in [1.82, 2.24) is 5.32 Å². The minimum atomic E-state index is 0.485. The predicted molar refractivity (Wildman–Crippen MR) is 75.8 cm³/mol. The second-order valence-electron chi connectivity index (χ2n) is 5.11. The first-order valence-corrected chi connectivity index (χ1v) is 7.26. The molecule has 0 aromatic heterocycles. The fraction of sp³-hybridized carbons (Fsp3) is 0.625. The van der Waals surface area contributed by atoms with Gasteiger partial charge >= 0.3 is 0 Å². The summed E-state index contributed by atoms with van der Waals surface area (Å²) in [7, 11) is 0. The molecule has 0 bridgehead atoms. The average molecular weight is 247 g/mol. The van der Waals surface area contributed by atoms with Gasteiger partial charge in [0.05, 0.1) is 0 Å². The van der Waals surface area contributed by atoms with Crippen molar-refractivity contribution in [2.24, 2.45) is 0 Å². The molecule has 1 aliphatic rings. The lowest BCUT2D eigenvalue weighted by molar-refractivity contribution is 0.0746. The van der Waals surface area contributed by atoms with Crippen LogP contribution in [0.25, 0.3) is 0 Å². The van der Waals surface area contributed by atoms with Crippen molar-refractivity contribution >= 4 is 0 Å². The van der Waals surface area contributed by atoms with Crippen molar-refractivity contribution in [1.29, 1.82) is 0 Å². The SMILES string of the molecule is CCc1ccc(C(CC)NC2CCOCC2)cc1. The highest BCUT2D eigenvalue weighted by Crippen LogP contribution is 2.20. The highest BCUT2D eigenvalue weighted by molar-refractivity contribution is 5.25. The Morgan fingerprint density at radius 2 is 1.83 bits per heavy atom. The van der Waals surface area contributed by atoms with Crippen molar-refractivity contribution in [2.45, 2.75) is 51.6 Å². The number of benzene rings is 1. The third-order valence-electron chi connectivity index (χ3n) is 3.86. The van der Waals surface area contributed by atoms with Gasteiger partial charge in [-0.05, 0) is 36.8 Å². The molecule has 2 heteroatoms. The van der Waals surface area contributed by atoms with Crippen LogP contribution in [-0.2, 0) is 11.2 Å². The van der Waals surface area contributed by atoms with Crippen LogP contribution in [0.15, 0.2) is 24.3 Å². The first-order valence-electron chi connectivity index (χ1n) is 7.26. The van der Waals surface area contributed by atoms with Crippen LogP contribution < -0.4 is 5.32 Å². The molecule has 0 aliphatic carbocycles. The largest absolute Gasteiger partial charge is 0.381 e. The summed E-state index contributed by atoms with van der Waals surface area (Å²) in [6, 6.07) is 10.2. The molecule has 1 heterocycles. The molecular weight excluding hydrogens is 222 g/mol. The number of aryl methyl sites for hydroxylation is 1. The van der Waals surface area contributed by atoms with Crippen LogP contribution >= 0.6 is 0 Å². The quantitative estimate of drug-likeness (QED) is 0.860. The van der Waals surface area contributed by atoms with Gasteiger partial charge < -0.3 is 10.1 Å². The van der Waals surface area contributed by atoms with E-state index < -0.39 is 0 Å². The first kappa shape index (κ1) is 13.6. The van der Waals surface area contributed by atoms with Gasteiger partial charge in [-0.25, -0.2) is 0 Å². The lowest BCUT2D eigenvalue weighted by Crippen LogP contribution is -2.37. The Labute approximate surface area is 111 Å². The van der Waals surface area contributed by atoms with Gasteiger partial charge in [0.15, 0.2) is 0 Å². The molecule has 1 aromatic rings. The Morgan fingerprint density at radius 1 is 1.17 bits per heavy atom. The van der Waals surface area contributed by atoms with E-state index in [0.717, 1.165) is 38.9 Å². The maximum atomic E-state index is 5.41. The molecule has 18 heavy (non-hydrogen) atoms. The van der Waals surface area contributed by atoms with E-state index in [2.05, 4.69) is 43.4 Å². The molecule has 0 saturated carbocycles. The minimum Gasteiger partial charge on any atom is -0.381 e. The first-order chi connectivity index (χ1) is 8.83. The second-order valence-corrected chi connectivity index (χ2v) is 5.11. The molecule has 1 fully saturated rings. The summed E-state index contributed by atoms with van der Waals surface area (Å²) in [5, 5.41) is 3.78. The monoisotopic (exact) mass is 247 g/mol. The molecule has 1 aliphatic heterocycles. The van der Waals surface area contributed by atoms with E-state index >= 15 is 0 Å². The predicted octanol–water partition coefficient (Wildman–Crippen LogP) is 3.47. The van der Waals surface area contributed by atoms with Gasteiger partial charge in [0.25, 0.3) is 0 Å². The summed E-state index contributed by atoms with van der Waals surface area (Å²) in [4.78, 5) is 0. The Kier molecular flexibility index (Phi) is 5.21. The minimum absolute atomic E-state index is 0.485. The zero-order valence-electron chi connectivity index (χ0n) is 11.6. The summed E-state index contributed by atoms with van der Waals surface area (Å²) in [6.45, 7) is 6.27. The Bertz CT molecular complexity index is 341. The van der Waals surface area contributed by atoms with Gasteiger partial charge in [0.1, 0.15) is 0 Å². The van der Waals surface area contributed by atoms with Gasteiger partial charge in [-0.1, -0.05) is 38.1 Å². The van der Waals surface area contributed by atoms with Crippen LogP contribution in [0, 0.1) is 0 Å². The van der Waals surface area contributed by atoms with Gasteiger partial charge in [0, 0.05) is 25.3 Å². The van der Waals surface area contributed by atoms with Gasteiger partial charge in [-0.2, -0.15) is 0 Å². The van der Waals surface area contributed by atoms with Crippen molar-refractivity contribution in [3.8, 4) is 0 Å². The summed E-state index contributed by atoms with van der Waals surface area (Å²) in [5.74, 6) is 0. The van der Waals surface area contributed by atoms with E-state index in [1.165, 1.54) is 11.1 Å². The third kappa shape index (κ3) is 3.56. The molecular formula is C16H25NO. The summed E-state index contributed by atoms with van der Waals surface area (Å²) >= 11 is 0. The Balaban J connectivity index is 1.97. The van der Waals surface area contributed by atoms with Crippen molar-refractivity contribution < 1.29 is 4.74 Å². The van der Waals surface area contributed by atoms with Crippen LogP contribution in [0.1, 0.15) is 50.3 Å². The fourth-order valence-corrected chi connectivity index (χ4v) is 2.58. The van der Waals surface area contributed by atoms with Crippen LogP contribution in [-0.4, -0.2) is 19.3 Å². The van der Waals surface area contributed by atoms with Crippen LogP contribution in [0.2, 0.25) is 0 Å². The van der Waals surface area contributed by atoms with Crippen LogP contribution in [0.4, 0.5) is 0 Å². The normalized spacial score (nSPS) is 18.8. The topological polar surface area (TPSA) is 21.3 Å². The maximum Gasteiger partial charge on any atom is 0.0480 e. The standard InChI is InChI=1S/C16H25NO/c1-3-13-5-7-14(8-6-13)16(4-2)17-15-9-11-18-12-10-15/h5-8,15-17H,3-4,9-12H2,1-2H3. The maximum absolute atomic E-state index is 5.41. The molecule has 2 nitrogen and oxygen atoms in total. The van der Waals surface area contributed by atoms with E-state index in [1.807, 2.05) is 0 Å². The molecule has 1 unspecified atom stereocenters. The van der Waals surface area contributed by atoms with Crippen molar-refractivity contribution in [2.75, 3.05) is 13.2 Å². The second kappa shape index (κ2) is 6.91. The lowest BCUT2D eigenvalue weighted by atomic mass is 9.99. The molecule has 1 aromatic carbocycles. The number of nitrogens with one attached hydrogen (secondary N) is 1. The Morgan fingerprint density at radius 3 is 2.39 bits per heavy atom. The zero-order valence-corrected chi connectivity index (χ0v) is 11.6. The molecule has 0 amide bonds. The van der Waals surface area contributed by atoms with Gasteiger partial charge in [0.2, 0.25) is 0 Å². The van der Waals surface area contributed by atoms with E-state index in [-0.39, 0.29) is 0 Å². The van der Waals surface area contributed by atoms with Crippen LogP contribution in [0.3, 0.4) is 0 Å². The molecule has 1 N–H and O–H groups in total. The lowest BCUT2D eigenvalue weighted by Gasteiger charge is -2.28. The summed E-state index contributed by atoms with van der Waals surface area (Å²) in [5.41, 5.74) is 2.83. The number of ether oxygens (including phenoxy) is 1. The average Bonchev–Trinajstić information content (AvgIpc) is 2.46. The van der Waals surface area contributed by atoms with Crippen molar-refractivity contribution in [3.63, 3.8) is 0 Å². The number of rotatable bonds is 5. The van der Waals surface area contributed by atoms with Gasteiger partial charge in [-0.3, -0.25) is 0 Å². The Hall–Kier alpha value is -0.860. The third-order valence-corrected chi connectivity index (χ3v) is 3.86. The van der Waals surface area contributed by atoms with Gasteiger partial charge in [-0.15, -0.1) is 0 Å². The fourth-order valence-electron chi connectivity index (χ4n) is 2.58. The molecule has 0 spiro atoms. The number of hydrogen-bond donors (Lipinski definition) is 1.